The number of hydrogen-bond acceptors (Lipinski definition) is 3. The maximum Gasteiger partial charge on any atom is 0.240 e. The number of nitrogens with zero attached hydrogens (tertiary/aromatic N) is 1. The van der Waals surface area contributed by atoms with Crippen LogP contribution in [0.15, 0.2) is 51.8 Å². The Hall–Kier alpha value is -1.70. The van der Waals surface area contributed by atoms with Crippen molar-refractivity contribution in [1.82, 2.24) is 9.62 Å². The number of aryl methyl sites for hydroxylation is 2. The van der Waals surface area contributed by atoms with Gasteiger partial charge in [-0.05, 0) is 54.8 Å². The average molecular weight is 439 g/mol. The number of carbonyl (C=O) groups excluding carboxylic acids is 1. The summed E-state index contributed by atoms with van der Waals surface area (Å²) >= 11 is 3.38. The van der Waals surface area contributed by atoms with Crippen LogP contribution in [-0.4, -0.2) is 32.8 Å². The van der Waals surface area contributed by atoms with Crippen LogP contribution >= 0.6 is 15.9 Å². The lowest BCUT2D eigenvalue weighted by Crippen LogP contribution is -2.32. The first kappa shape index (κ1) is 20.6. The van der Waals surface area contributed by atoms with Crippen LogP contribution in [0.1, 0.15) is 23.1 Å². The van der Waals surface area contributed by atoms with Crippen LogP contribution in [0.3, 0.4) is 0 Å². The molecule has 0 radical (unpaired) electrons. The van der Waals surface area contributed by atoms with Gasteiger partial charge in [0.15, 0.2) is 0 Å². The third kappa shape index (κ3) is 5.65. The number of benzene rings is 2. The largest absolute Gasteiger partial charge is 0.341 e. The van der Waals surface area contributed by atoms with Gasteiger partial charge in [0.2, 0.25) is 15.9 Å². The fraction of sp³-hybridized carbons (Fsp3) is 0.316. The number of amides is 1. The zero-order chi connectivity index (χ0) is 19.3. The summed E-state index contributed by atoms with van der Waals surface area (Å²) in [7, 11) is -1.90. The van der Waals surface area contributed by atoms with E-state index in [-0.39, 0.29) is 23.8 Å². The summed E-state index contributed by atoms with van der Waals surface area (Å²) in [6.07, 6.45) is 0.108. The molecule has 0 saturated carbocycles. The van der Waals surface area contributed by atoms with E-state index in [9.17, 15) is 13.2 Å². The molecule has 0 spiro atoms. The molecule has 0 aliphatic rings. The summed E-state index contributed by atoms with van der Waals surface area (Å²) in [5, 5.41) is 0. The molecule has 1 N–H and O–H groups in total. The minimum atomic E-state index is -3.61. The highest BCUT2D eigenvalue weighted by Crippen LogP contribution is 2.15. The van der Waals surface area contributed by atoms with E-state index in [1.807, 2.05) is 38.1 Å². The molecule has 1 amide bonds. The normalized spacial score (nSPS) is 11.4. The summed E-state index contributed by atoms with van der Waals surface area (Å²) in [6.45, 7) is 4.35. The van der Waals surface area contributed by atoms with Gasteiger partial charge < -0.3 is 4.90 Å². The predicted octanol–water partition coefficient (Wildman–Crippen LogP) is 3.39. The Morgan fingerprint density at radius 3 is 2.35 bits per heavy atom. The van der Waals surface area contributed by atoms with Crippen LogP contribution in [-0.2, 0) is 21.4 Å². The molecule has 0 fully saturated rings. The van der Waals surface area contributed by atoms with E-state index in [2.05, 4.69) is 20.7 Å². The number of hydrogen-bond donors (Lipinski definition) is 1. The minimum Gasteiger partial charge on any atom is -0.341 e. The van der Waals surface area contributed by atoms with Crippen LogP contribution in [0.2, 0.25) is 0 Å². The molecule has 0 atom stereocenters. The molecule has 2 aromatic rings. The molecular formula is C19H23BrN2O3S. The summed E-state index contributed by atoms with van der Waals surface area (Å²) in [6, 6.07) is 12.7. The van der Waals surface area contributed by atoms with Crippen molar-refractivity contribution < 1.29 is 13.2 Å². The molecule has 2 aromatic carbocycles. The highest BCUT2D eigenvalue weighted by atomic mass is 79.9. The quantitative estimate of drug-likeness (QED) is 0.719. The van der Waals surface area contributed by atoms with E-state index in [1.165, 1.54) is 0 Å². The fourth-order valence-electron chi connectivity index (χ4n) is 2.40. The zero-order valence-corrected chi connectivity index (χ0v) is 17.5. The second kappa shape index (κ2) is 8.79. The minimum absolute atomic E-state index is 0.0682. The monoisotopic (exact) mass is 438 g/mol. The van der Waals surface area contributed by atoms with Crippen LogP contribution in [0.5, 0.6) is 0 Å². The first-order chi connectivity index (χ1) is 12.2. The van der Waals surface area contributed by atoms with E-state index in [0.29, 0.717) is 6.54 Å². The van der Waals surface area contributed by atoms with Gasteiger partial charge in [0.05, 0.1) is 4.90 Å². The predicted molar refractivity (Wildman–Crippen MR) is 106 cm³/mol. The van der Waals surface area contributed by atoms with Gasteiger partial charge in [-0.25, -0.2) is 13.1 Å². The van der Waals surface area contributed by atoms with Crippen molar-refractivity contribution in [1.29, 1.82) is 0 Å². The molecule has 2 rings (SSSR count). The highest BCUT2D eigenvalue weighted by molar-refractivity contribution is 9.10. The Morgan fingerprint density at radius 2 is 1.73 bits per heavy atom. The molecule has 26 heavy (non-hydrogen) atoms. The number of halogens is 1. The molecule has 0 unspecified atom stereocenters. The SMILES string of the molecule is Cc1ccc(S(=O)(=O)NCCC(=O)N(C)Cc2ccc(Br)cc2)cc1C. The lowest BCUT2D eigenvalue weighted by atomic mass is 10.1. The van der Waals surface area contributed by atoms with Crippen molar-refractivity contribution in [2.75, 3.05) is 13.6 Å². The molecule has 0 heterocycles. The zero-order valence-electron chi connectivity index (χ0n) is 15.1. The summed E-state index contributed by atoms with van der Waals surface area (Å²) in [5.41, 5.74) is 2.96. The Morgan fingerprint density at radius 1 is 1.08 bits per heavy atom. The average Bonchev–Trinajstić information content (AvgIpc) is 2.59. The molecule has 5 nitrogen and oxygen atoms in total. The Bertz CT molecular complexity index is 880. The summed E-state index contributed by atoms with van der Waals surface area (Å²) in [4.78, 5) is 14.0. The van der Waals surface area contributed by atoms with Crippen molar-refractivity contribution in [3.63, 3.8) is 0 Å². The van der Waals surface area contributed by atoms with Gasteiger partial charge in [-0.3, -0.25) is 4.79 Å². The van der Waals surface area contributed by atoms with Crippen molar-refractivity contribution in [2.24, 2.45) is 0 Å². The van der Waals surface area contributed by atoms with Gasteiger partial charge in [-0.1, -0.05) is 34.1 Å². The van der Waals surface area contributed by atoms with Gasteiger partial charge in [0.1, 0.15) is 0 Å². The Balaban J connectivity index is 1.88. The molecule has 0 aromatic heterocycles. The van der Waals surface area contributed by atoms with Crippen molar-refractivity contribution in [2.45, 2.75) is 31.7 Å². The van der Waals surface area contributed by atoms with Crippen molar-refractivity contribution in [3.8, 4) is 0 Å². The fourth-order valence-corrected chi connectivity index (χ4v) is 3.78. The maximum absolute atomic E-state index is 12.3. The second-order valence-electron chi connectivity index (χ2n) is 6.27. The molecule has 0 aliphatic carbocycles. The standard InChI is InChI=1S/C19H23BrN2O3S/c1-14-4-9-18(12-15(14)2)26(24,25)21-11-10-19(23)22(3)13-16-5-7-17(20)8-6-16/h4-9,12,21H,10-11,13H2,1-3H3. The topological polar surface area (TPSA) is 66.5 Å². The van der Waals surface area contributed by atoms with Gasteiger partial charge in [-0.15, -0.1) is 0 Å². The van der Waals surface area contributed by atoms with Crippen LogP contribution in [0, 0.1) is 13.8 Å². The third-order valence-corrected chi connectivity index (χ3v) is 6.17. The van der Waals surface area contributed by atoms with Gasteiger partial charge in [0, 0.05) is 31.0 Å². The van der Waals surface area contributed by atoms with E-state index in [1.54, 1.807) is 30.1 Å². The first-order valence-electron chi connectivity index (χ1n) is 8.24. The third-order valence-electron chi connectivity index (χ3n) is 4.18. The number of carbonyl (C=O) groups is 1. The highest BCUT2D eigenvalue weighted by Gasteiger charge is 2.16. The van der Waals surface area contributed by atoms with E-state index in [4.69, 9.17) is 0 Å². The lowest BCUT2D eigenvalue weighted by molar-refractivity contribution is -0.130. The van der Waals surface area contributed by atoms with E-state index in [0.717, 1.165) is 21.2 Å². The van der Waals surface area contributed by atoms with Gasteiger partial charge in [-0.2, -0.15) is 0 Å². The van der Waals surface area contributed by atoms with E-state index >= 15 is 0 Å². The molecule has 140 valence electrons. The molecule has 0 aliphatic heterocycles. The summed E-state index contributed by atoms with van der Waals surface area (Å²) in [5.74, 6) is -0.115. The molecule has 0 bridgehead atoms. The number of rotatable bonds is 7. The lowest BCUT2D eigenvalue weighted by Gasteiger charge is -2.17. The van der Waals surface area contributed by atoms with E-state index < -0.39 is 10.0 Å². The molecule has 0 saturated heterocycles. The smallest absolute Gasteiger partial charge is 0.240 e. The Labute approximate surface area is 163 Å². The Kier molecular flexibility index (Phi) is 6.97. The number of sulfonamides is 1. The first-order valence-corrected chi connectivity index (χ1v) is 10.5. The van der Waals surface area contributed by atoms with Gasteiger partial charge >= 0.3 is 0 Å². The second-order valence-corrected chi connectivity index (χ2v) is 8.95. The van der Waals surface area contributed by atoms with Crippen LogP contribution < -0.4 is 4.72 Å². The van der Waals surface area contributed by atoms with Crippen molar-refractivity contribution in [3.05, 3.63) is 63.6 Å². The van der Waals surface area contributed by atoms with Gasteiger partial charge in [0.25, 0.3) is 0 Å². The maximum atomic E-state index is 12.3. The number of nitrogens with one attached hydrogen (secondary N) is 1. The van der Waals surface area contributed by atoms with Crippen LogP contribution in [0.25, 0.3) is 0 Å². The molecular weight excluding hydrogens is 416 g/mol. The van der Waals surface area contributed by atoms with Crippen LogP contribution in [0.4, 0.5) is 0 Å². The van der Waals surface area contributed by atoms with Crippen molar-refractivity contribution >= 4 is 31.9 Å². The molecule has 7 heteroatoms. The summed E-state index contributed by atoms with van der Waals surface area (Å²) < 4.78 is 28.1.